The topological polar surface area (TPSA) is 55.2 Å². The third-order valence-electron chi connectivity index (χ3n) is 5.81. The van der Waals surface area contributed by atoms with Crippen molar-refractivity contribution >= 4 is 26.7 Å². The lowest BCUT2D eigenvalue weighted by Crippen LogP contribution is -2.45. The van der Waals surface area contributed by atoms with Crippen LogP contribution in [0.4, 0.5) is 5.13 Å². The van der Waals surface area contributed by atoms with Crippen molar-refractivity contribution in [1.82, 2.24) is 20.1 Å². The van der Waals surface area contributed by atoms with Gasteiger partial charge in [-0.05, 0) is 48.7 Å². The van der Waals surface area contributed by atoms with Crippen molar-refractivity contribution in [3.05, 3.63) is 72.1 Å². The van der Waals surface area contributed by atoms with E-state index in [1.165, 1.54) is 23.1 Å². The molecule has 7 heteroatoms. The van der Waals surface area contributed by atoms with Gasteiger partial charge in [-0.25, -0.2) is 4.98 Å². The number of ether oxygens (including phenoxy) is 1. The Hall–Kier alpha value is -2.90. The molecule has 1 aliphatic rings. The molecule has 160 valence electrons. The highest BCUT2D eigenvalue weighted by Crippen LogP contribution is 2.30. The van der Waals surface area contributed by atoms with Gasteiger partial charge in [-0.15, -0.1) is 0 Å². The van der Waals surface area contributed by atoms with Gasteiger partial charge in [0, 0.05) is 43.6 Å². The molecule has 2 aromatic heterocycles. The summed E-state index contributed by atoms with van der Waals surface area (Å²) in [6.07, 6.45) is 6.15. The van der Waals surface area contributed by atoms with Crippen LogP contribution < -0.4 is 15.0 Å². The van der Waals surface area contributed by atoms with E-state index in [9.17, 15) is 0 Å². The second-order valence-corrected chi connectivity index (χ2v) is 8.99. The van der Waals surface area contributed by atoms with Gasteiger partial charge < -0.3 is 15.0 Å². The summed E-state index contributed by atoms with van der Waals surface area (Å²) in [5, 5.41) is 9.23. The number of methoxy groups -OCH3 is 1. The van der Waals surface area contributed by atoms with E-state index in [0.29, 0.717) is 12.6 Å². The molecule has 3 heterocycles. The Balaban J connectivity index is 1.24. The van der Waals surface area contributed by atoms with Crippen molar-refractivity contribution in [1.29, 1.82) is 0 Å². The van der Waals surface area contributed by atoms with Gasteiger partial charge in [0.05, 0.1) is 23.9 Å². The normalized spacial score (nSPS) is 16.7. The highest BCUT2D eigenvalue weighted by Gasteiger charge is 2.22. The maximum absolute atomic E-state index is 5.56. The molecule has 1 N–H and O–H groups in total. The second kappa shape index (κ2) is 9.08. The molecule has 1 fully saturated rings. The molecule has 0 saturated carbocycles. The first-order chi connectivity index (χ1) is 15.3. The first-order valence-corrected chi connectivity index (χ1v) is 11.6. The summed E-state index contributed by atoms with van der Waals surface area (Å²) in [6, 6.07) is 17.2. The lowest BCUT2D eigenvalue weighted by atomic mass is 10.0. The first-order valence-electron chi connectivity index (χ1n) is 10.8. The number of benzene rings is 2. The molecule has 0 aliphatic carbocycles. The van der Waals surface area contributed by atoms with Crippen molar-refractivity contribution in [3.8, 4) is 5.75 Å². The van der Waals surface area contributed by atoms with Gasteiger partial charge in [-0.2, -0.15) is 5.10 Å². The van der Waals surface area contributed by atoms with Crippen LogP contribution in [0.5, 0.6) is 5.75 Å². The van der Waals surface area contributed by atoms with Crippen molar-refractivity contribution in [2.75, 3.05) is 25.1 Å². The molecule has 5 rings (SSSR count). The number of aromatic nitrogens is 3. The summed E-state index contributed by atoms with van der Waals surface area (Å²) in [7, 11) is 1.72. The number of thiazole rings is 1. The Morgan fingerprint density at radius 1 is 1.19 bits per heavy atom. The number of hydrogen-bond acceptors (Lipinski definition) is 6. The number of nitrogens with zero attached hydrogens (tertiary/aromatic N) is 4. The third-order valence-corrected chi connectivity index (χ3v) is 6.90. The minimum absolute atomic E-state index is 0.456. The van der Waals surface area contributed by atoms with Gasteiger partial charge in [0.15, 0.2) is 5.13 Å². The van der Waals surface area contributed by atoms with E-state index in [4.69, 9.17) is 9.72 Å². The predicted molar refractivity (Wildman–Crippen MR) is 126 cm³/mol. The van der Waals surface area contributed by atoms with E-state index in [0.717, 1.165) is 41.6 Å². The zero-order valence-corrected chi connectivity index (χ0v) is 18.5. The fraction of sp³-hybridized carbons (Fsp3) is 0.333. The fourth-order valence-electron chi connectivity index (χ4n) is 4.21. The summed E-state index contributed by atoms with van der Waals surface area (Å²) in [5.74, 6) is 0.902. The zero-order valence-electron chi connectivity index (χ0n) is 17.7. The summed E-state index contributed by atoms with van der Waals surface area (Å²) in [6.45, 7) is 3.62. The Morgan fingerprint density at radius 3 is 2.97 bits per heavy atom. The molecule has 4 aromatic rings. The van der Waals surface area contributed by atoms with Crippen LogP contribution in [-0.4, -0.2) is 41.0 Å². The predicted octanol–water partition coefficient (Wildman–Crippen LogP) is 4.31. The molecule has 1 atom stereocenters. The molecule has 1 aliphatic heterocycles. The SMILES string of the molecule is COc1ccc(CN[C@H]2CCCN(c3nc4ccccc4s3)C2)cc1Cn1cccn1. The van der Waals surface area contributed by atoms with E-state index >= 15 is 0 Å². The van der Waals surface area contributed by atoms with Crippen molar-refractivity contribution < 1.29 is 4.74 Å². The van der Waals surface area contributed by atoms with Crippen LogP contribution in [0.1, 0.15) is 24.0 Å². The second-order valence-electron chi connectivity index (χ2n) is 7.98. The zero-order chi connectivity index (χ0) is 21.0. The number of para-hydroxylation sites is 1. The average Bonchev–Trinajstić information content (AvgIpc) is 3.48. The van der Waals surface area contributed by atoms with Crippen LogP contribution in [0.2, 0.25) is 0 Å². The minimum atomic E-state index is 0.456. The van der Waals surface area contributed by atoms with E-state index in [1.807, 2.05) is 16.9 Å². The van der Waals surface area contributed by atoms with Crippen LogP contribution in [0.3, 0.4) is 0 Å². The average molecular weight is 434 g/mol. The van der Waals surface area contributed by atoms with Gasteiger partial charge in [0.2, 0.25) is 0 Å². The van der Waals surface area contributed by atoms with E-state index in [1.54, 1.807) is 24.6 Å². The monoisotopic (exact) mass is 433 g/mol. The lowest BCUT2D eigenvalue weighted by molar-refractivity contribution is 0.406. The van der Waals surface area contributed by atoms with Crippen LogP contribution in [0, 0.1) is 0 Å². The van der Waals surface area contributed by atoms with Gasteiger partial charge in [-0.1, -0.05) is 29.5 Å². The number of hydrogen-bond donors (Lipinski definition) is 1. The quantitative estimate of drug-likeness (QED) is 0.471. The molecule has 1 saturated heterocycles. The molecule has 31 heavy (non-hydrogen) atoms. The maximum Gasteiger partial charge on any atom is 0.186 e. The third kappa shape index (κ3) is 4.57. The lowest BCUT2D eigenvalue weighted by Gasteiger charge is -2.33. The van der Waals surface area contributed by atoms with Gasteiger partial charge in [-0.3, -0.25) is 4.68 Å². The van der Waals surface area contributed by atoms with Gasteiger partial charge in [0.1, 0.15) is 5.75 Å². The van der Waals surface area contributed by atoms with Crippen LogP contribution >= 0.6 is 11.3 Å². The molecular weight excluding hydrogens is 406 g/mol. The molecule has 2 aromatic carbocycles. The van der Waals surface area contributed by atoms with Gasteiger partial charge >= 0.3 is 0 Å². The van der Waals surface area contributed by atoms with Crippen molar-refractivity contribution in [3.63, 3.8) is 0 Å². The Labute approximate surface area is 186 Å². The number of anilines is 1. The molecule has 0 spiro atoms. The first kappa shape index (κ1) is 20.0. The molecule has 0 bridgehead atoms. The highest BCUT2D eigenvalue weighted by molar-refractivity contribution is 7.22. The molecule has 0 unspecified atom stereocenters. The van der Waals surface area contributed by atoms with E-state index in [2.05, 4.69) is 57.8 Å². The fourth-order valence-corrected chi connectivity index (χ4v) is 5.21. The van der Waals surface area contributed by atoms with Crippen LogP contribution in [-0.2, 0) is 13.1 Å². The van der Waals surface area contributed by atoms with Crippen molar-refractivity contribution in [2.24, 2.45) is 0 Å². The highest BCUT2D eigenvalue weighted by atomic mass is 32.1. The maximum atomic E-state index is 5.56. The molecule has 0 amide bonds. The molecule has 6 nitrogen and oxygen atoms in total. The molecule has 0 radical (unpaired) electrons. The number of rotatable bonds is 7. The Kier molecular flexibility index (Phi) is 5.86. The van der Waals surface area contributed by atoms with Crippen LogP contribution in [0.15, 0.2) is 60.9 Å². The van der Waals surface area contributed by atoms with E-state index < -0.39 is 0 Å². The smallest absolute Gasteiger partial charge is 0.186 e. The minimum Gasteiger partial charge on any atom is -0.496 e. The standard InChI is InChI=1S/C24H27N5OS/c1-30-22-10-9-18(14-19(22)16-29-13-5-11-26-29)15-25-20-6-4-12-28(17-20)24-27-21-7-2-3-8-23(21)31-24/h2-3,5,7-11,13-14,20,25H,4,6,12,15-17H2,1H3/t20-/m0/s1. The molecular formula is C24H27N5OS. The number of fused-ring (bicyclic) bond motifs is 1. The number of nitrogens with one attached hydrogen (secondary N) is 1. The van der Waals surface area contributed by atoms with Gasteiger partial charge in [0.25, 0.3) is 0 Å². The van der Waals surface area contributed by atoms with Crippen molar-refractivity contribution in [2.45, 2.75) is 32.0 Å². The largest absolute Gasteiger partial charge is 0.496 e. The Bertz CT molecular complexity index is 1110. The summed E-state index contributed by atoms with van der Waals surface area (Å²) in [5.41, 5.74) is 3.51. The summed E-state index contributed by atoms with van der Waals surface area (Å²) >= 11 is 1.79. The summed E-state index contributed by atoms with van der Waals surface area (Å²) in [4.78, 5) is 7.28. The van der Waals surface area contributed by atoms with E-state index in [-0.39, 0.29) is 0 Å². The van der Waals surface area contributed by atoms with Crippen LogP contribution in [0.25, 0.3) is 10.2 Å². The number of piperidine rings is 1. The summed E-state index contributed by atoms with van der Waals surface area (Å²) < 4.78 is 8.74. The Morgan fingerprint density at radius 2 is 2.13 bits per heavy atom.